The molecule has 1 saturated heterocycles. The van der Waals surface area contributed by atoms with Crippen LogP contribution in [0.15, 0.2) is 47.5 Å². The maximum absolute atomic E-state index is 13.4. The van der Waals surface area contributed by atoms with Crippen LogP contribution in [0.4, 0.5) is 10.5 Å². The average molecular weight is 436 g/mol. The molecule has 0 bridgehead atoms. The Hall–Kier alpha value is -2.93. The summed E-state index contributed by atoms with van der Waals surface area (Å²) in [6.07, 6.45) is 3.91. The molecule has 5 rings (SSSR count). The maximum atomic E-state index is 13.4. The van der Waals surface area contributed by atoms with Crippen molar-refractivity contribution in [2.24, 2.45) is 0 Å². The Bertz CT molecular complexity index is 1150. The van der Waals surface area contributed by atoms with Crippen molar-refractivity contribution in [3.8, 4) is 0 Å². The van der Waals surface area contributed by atoms with Crippen LogP contribution in [0.3, 0.4) is 0 Å². The van der Waals surface area contributed by atoms with E-state index in [0.717, 1.165) is 45.1 Å². The molecule has 1 spiro atoms. The highest BCUT2D eigenvalue weighted by Gasteiger charge is 2.54. The summed E-state index contributed by atoms with van der Waals surface area (Å²) in [5, 5.41) is 4.87. The first kappa shape index (κ1) is 20.0. The number of imide groups is 1. The third-order valence-electron chi connectivity index (χ3n) is 6.89. The third kappa shape index (κ3) is 2.79. The molecule has 6 nitrogen and oxygen atoms in total. The largest absolute Gasteiger partial charge is 0.347 e. The van der Waals surface area contributed by atoms with E-state index in [0.29, 0.717) is 6.42 Å². The highest BCUT2D eigenvalue weighted by molar-refractivity contribution is 7.10. The minimum atomic E-state index is -1.02. The summed E-state index contributed by atoms with van der Waals surface area (Å²) in [5.41, 5.74) is 2.61. The number of nitrogens with one attached hydrogen (secondary N) is 1. The van der Waals surface area contributed by atoms with Gasteiger partial charge in [0.2, 0.25) is 0 Å². The summed E-state index contributed by atoms with van der Waals surface area (Å²) in [5.74, 6) is -0.574. The number of hydrogen-bond acceptors (Lipinski definition) is 5. The smallest absolute Gasteiger partial charge is 0.325 e. The Labute approximate surface area is 185 Å². The zero-order chi connectivity index (χ0) is 22.0. The monoisotopic (exact) mass is 435 g/mol. The Morgan fingerprint density at radius 2 is 1.97 bits per heavy atom. The summed E-state index contributed by atoms with van der Waals surface area (Å²) in [6, 6.07) is 9.52. The number of urea groups is 1. The molecule has 1 unspecified atom stereocenters. The van der Waals surface area contributed by atoms with Gasteiger partial charge in [-0.15, -0.1) is 11.3 Å². The van der Waals surface area contributed by atoms with E-state index in [2.05, 4.69) is 25.2 Å². The van der Waals surface area contributed by atoms with Crippen LogP contribution in [-0.4, -0.2) is 36.2 Å². The highest BCUT2D eigenvalue weighted by atomic mass is 32.1. The summed E-state index contributed by atoms with van der Waals surface area (Å²) in [7, 11) is 1.94. The minimum Gasteiger partial charge on any atom is -0.347 e. The van der Waals surface area contributed by atoms with E-state index in [9.17, 15) is 14.4 Å². The lowest BCUT2D eigenvalue weighted by molar-refractivity contribution is -0.134. The van der Waals surface area contributed by atoms with Gasteiger partial charge in [0.25, 0.3) is 5.91 Å². The zero-order valence-corrected chi connectivity index (χ0v) is 18.7. The number of aryl methyl sites for hydroxylation is 1. The molecule has 0 saturated carbocycles. The van der Waals surface area contributed by atoms with Crippen molar-refractivity contribution in [1.29, 1.82) is 0 Å². The van der Waals surface area contributed by atoms with Crippen molar-refractivity contribution >= 4 is 34.7 Å². The number of likely N-dealkylation sites (N-methyl/N-ethyl adjacent to an activating group) is 1. The molecule has 1 aromatic carbocycles. The number of ketones is 1. The molecular weight excluding hydrogens is 410 g/mol. The molecule has 3 aliphatic rings. The second kappa shape index (κ2) is 6.79. The molecule has 0 radical (unpaired) electrons. The predicted octanol–water partition coefficient (Wildman–Crippen LogP) is 3.71. The van der Waals surface area contributed by atoms with Crippen molar-refractivity contribution in [1.82, 2.24) is 10.2 Å². The summed E-state index contributed by atoms with van der Waals surface area (Å²) in [6.45, 7) is 3.91. The normalized spacial score (nSPS) is 25.2. The number of hydrogen-bond donors (Lipinski definition) is 1. The molecule has 31 heavy (non-hydrogen) atoms. The van der Waals surface area contributed by atoms with E-state index in [1.807, 2.05) is 41.6 Å². The fraction of sp³-hybridized carbons (Fsp3) is 0.375. The molecule has 2 aromatic rings. The van der Waals surface area contributed by atoms with Gasteiger partial charge in [0.15, 0.2) is 5.78 Å². The number of allylic oxidation sites excluding steroid dienone is 1. The van der Waals surface area contributed by atoms with Gasteiger partial charge in [0.1, 0.15) is 5.54 Å². The molecule has 1 aromatic heterocycles. The Balaban J connectivity index is 1.41. The van der Waals surface area contributed by atoms with Gasteiger partial charge in [0, 0.05) is 40.4 Å². The lowest BCUT2D eigenvalue weighted by Gasteiger charge is -2.31. The molecule has 1 fully saturated rings. The molecule has 3 amide bonds. The quantitative estimate of drug-likeness (QED) is 0.589. The summed E-state index contributed by atoms with van der Waals surface area (Å²) in [4.78, 5) is 43.4. The average Bonchev–Trinajstić information content (AvgIpc) is 3.37. The van der Waals surface area contributed by atoms with Crippen LogP contribution in [-0.2, 0) is 27.0 Å². The minimum absolute atomic E-state index is 0.254. The Kier molecular flexibility index (Phi) is 4.38. The van der Waals surface area contributed by atoms with E-state index in [4.69, 9.17) is 0 Å². The van der Waals surface area contributed by atoms with Crippen LogP contribution in [0, 0.1) is 0 Å². The van der Waals surface area contributed by atoms with Crippen LogP contribution in [0.25, 0.3) is 0 Å². The van der Waals surface area contributed by atoms with Crippen molar-refractivity contribution in [2.75, 3.05) is 18.5 Å². The highest BCUT2D eigenvalue weighted by Crippen LogP contribution is 2.46. The van der Waals surface area contributed by atoms with Crippen LogP contribution in [0.1, 0.15) is 42.7 Å². The summed E-state index contributed by atoms with van der Waals surface area (Å²) >= 11 is 1.62. The number of benzene rings is 1. The van der Waals surface area contributed by atoms with Gasteiger partial charge >= 0.3 is 6.03 Å². The van der Waals surface area contributed by atoms with E-state index >= 15 is 0 Å². The number of amides is 3. The molecule has 160 valence electrons. The number of carbonyl (C=O) groups is 3. The first-order chi connectivity index (χ1) is 14.8. The first-order valence-corrected chi connectivity index (χ1v) is 11.4. The van der Waals surface area contributed by atoms with E-state index in [-0.39, 0.29) is 23.7 Å². The molecule has 2 aliphatic heterocycles. The van der Waals surface area contributed by atoms with Crippen molar-refractivity contribution in [2.45, 2.75) is 44.1 Å². The first-order valence-electron chi connectivity index (χ1n) is 10.5. The third-order valence-corrected chi connectivity index (χ3v) is 7.87. The SMILES string of the molecule is CN1/C(=C/C(=O)CN2C(=O)NC3(CCCc4sccc43)C2=O)C(C)(C)c2ccccc21. The number of nitrogens with zero attached hydrogens (tertiary/aromatic N) is 2. The van der Waals surface area contributed by atoms with Gasteiger partial charge < -0.3 is 10.2 Å². The van der Waals surface area contributed by atoms with Crippen LogP contribution >= 0.6 is 11.3 Å². The van der Waals surface area contributed by atoms with Gasteiger partial charge in [-0.3, -0.25) is 14.5 Å². The van der Waals surface area contributed by atoms with E-state index in [1.165, 1.54) is 0 Å². The fourth-order valence-electron chi connectivity index (χ4n) is 5.30. The number of fused-ring (bicyclic) bond motifs is 3. The standard InChI is InChI=1S/C24H25N3O3S/c1-23(2)16-7-4-5-8-18(16)26(3)20(23)13-15(28)14-27-21(29)24(25-22(27)30)11-6-9-19-17(24)10-12-31-19/h4-5,7-8,10,12-13H,6,9,11,14H2,1-3H3,(H,25,30)/b20-13+. The number of carbonyl (C=O) groups excluding carboxylic acids is 3. The number of anilines is 1. The molecule has 3 heterocycles. The maximum Gasteiger partial charge on any atom is 0.325 e. The predicted molar refractivity (Wildman–Crippen MR) is 120 cm³/mol. The van der Waals surface area contributed by atoms with Gasteiger partial charge in [-0.1, -0.05) is 32.0 Å². The topological polar surface area (TPSA) is 69.7 Å². The molecule has 1 N–H and O–H groups in total. The number of para-hydroxylation sites is 1. The molecule has 1 atom stereocenters. The number of thiophene rings is 1. The Morgan fingerprint density at radius 3 is 2.74 bits per heavy atom. The molecule has 1 aliphatic carbocycles. The molecule has 7 heteroatoms. The van der Waals surface area contributed by atoms with Crippen molar-refractivity contribution in [3.63, 3.8) is 0 Å². The van der Waals surface area contributed by atoms with Crippen LogP contribution in [0.5, 0.6) is 0 Å². The van der Waals surface area contributed by atoms with Gasteiger partial charge in [0.05, 0.1) is 6.54 Å². The van der Waals surface area contributed by atoms with E-state index in [1.54, 1.807) is 17.4 Å². The lowest BCUT2D eigenvalue weighted by Crippen LogP contribution is -2.46. The van der Waals surface area contributed by atoms with Crippen molar-refractivity contribution < 1.29 is 14.4 Å². The van der Waals surface area contributed by atoms with E-state index < -0.39 is 11.6 Å². The van der Waals surface area contributed by atoms with Gasteiger partial charge in [-0.2, -0.15) is 0 Å². The Morgan fingerprint density at radius 1 is 1.19 bits per heavy atom. The second-order valence-electron chi connectivity index (χ2n) is 9.03. The lowest BCUT2D eigenvalue weighted by atomic mass is 9.80. The zero-order valence-electron chi connectivity index (χ0n) is 17.9. The fourth-order valence-corrected chi connectivity index (χ4v) is 6.30. The number of rotatable bonds is 3. The van der Waals surface area contributed by atoms with Crippen molar-refractivity contribution in [3.05, 3.63) is 63.5 Å². The molecular formula is C24H25N3O3S. The second-order valence-corrected chi connectivity index (χ2v) is 10.0. The van der Waals surface area contributed by atoms with Gasteiger partial charge in [-0.25, -0.2) is 4.79 Å². The van der Waals surface area contributed by atoms with Crippen LogP contribution < -0.4 is 10.2 Å². The summed E-state index contributed by atoms with van der Waals surface area (Å²) < 4.78 is 0. The van der Waals surface area contributed by atoms with Crippen LogP contribution in [0.2, 0.25) is 0 Å². The van der Waals surface area contributed by atoms with Gasteiger partial charge in [-0.05, 0) is 42.3 Å².